The molecule has 13 heteroatoms. The number of aromatic nitrogens is 2. The first-order valence-corrected chi connectivity index (χ1v) is 16.4. The molecule has 1 amide bonds. The van der Waals surface area contributed by atoms with E-state index < -0.39 is 10.0 Å². The molecule has 0 saturated carbocycles. The lowest BCUT2D eigenvalue weighted by molar-refractivity contribution is 0.0525. The summed E-state index contributed by atoms with van der Waals surface area (Å²) in [6.07, 6.45) is 5.23. The predicted octanol–water partition coefficient (Wildman–Crippen LogP) is 4.08. The molecule has 6 rings (SSSR count). The van der Waals surface area contributed by atoms with E-state index in [-0.39, 0.29) is 42.5 Å². The van der Waals surface area contributed by atoms with Gasteiger partial charge in [0.25, 0.3) is 15.9 Å². The van der Waals surface area contributed by atoms with Crippen molar-refractivity contribution in [1.82, 2.24) is 29.0 Å². The molecule has 218 valence electrons. The molecule has 2 fully saturated rings. The van der Waals surface area contributed by atoms with E-state index in [4.69, 9.17) is 16.6 Å². The molecule has 3 aliphatic heterocycles. The zero-order valence-corrected chi connectivity index (χ0v) is 25.8. The summed E-state index contributed by atoms with van der Waals surface area (Å²) >= 11 is 7.62. The highest BCUT2D eigenvalue weighted by atomic mass is 35.5. The second kappa shape index (κ2) is 12.2. The van der Waals surface area contributed by atoms with Crippen LogP contribution in [0.3, 0.4) is 0 Å². The van der Waals surface area contributed by atoms with Crippen molar-refractivity contribution < 1.29 is 13.2 Å². The summed E-state index contributed by atoms with van der Waals surface area (Å²) in [5.41, 5.74) is 1.76. The third-order valence-corrected chi connectivity index (χ3v) is 11.3. The highest BCUT2D eigenvalue weighted by molar-refractivity contribution is 7.89. The molecule has 0 aliphatic carbocycles. The Labute approximate surface area is 250 Å². The lowest BCUT2D eigenvalue weighted by Gasteiger charge is -2.41. The number of nitrogens with zero attached hydrogens (tertiary/aromatic N) is 5. The zero-order valence-electron chi connectivity index (χ0n) is 22.6. The number of nitrogens with one attached hydrogen (secondary N) is 1. The number of piperazine rings is 1. The lowest BCUT2D eigenvalue weighted by Crippen LogP contribution is -2.57. The topological polar surface area (TPSA) is 92.9 Å². The van der Waals surface area contributed by atoms with Crippen LogP contribution in [0, 0.1) is 0 Å². The van der Waals surface area contributed by atoms with Gasteiger partial charge in [-0.05, 0) is 63.7 Å². The summed E-state index contributed by atoms with van der Waals surface area (Å²) in [6, 6.07) is 6.72. The van der Waals surface area contributed by atoms with Gasteiger partial charge >= 0.3 is 0 Å². The molecular formula is C27H36Cl2N6O3S2. The summed E-state index contributed by atoms with van der Waals surface area (Å²) in [6.45, 7) is 5.61. The van der Waals surface area contributed by atoms with Crippen molar-refractivity contribution >= 4 is 62.2 Å². The van der Waals surface area contributed by atoms with E-state index in [0.29, 0.717) is 16.6 Å². The van der Waals surface area contributed by atoms with Crippen molar-refractivity contribution in [3.05, 3.63) is 44.9 Å². The molecule has 1 atom stereocenters. The Balaban J connectivity index is 0.00000323. The number of carbonyl (C=O) groups excluding carboxylic acids is 1. The highest BCUT2D eigenvalue weighted by Crippen LogP contribution is 2.29. The van der Waals surface area contributed by atoms with Gasteiger partial charge in [0.1, 0.15) is 5.03 Å². The molecule has 2 aromatic heterocycles. The summed E-state index contributed by atoms with van der Waals surface area (Å²) in [7, 11) is -1.68. The van der Waals surface area contributed by atoms with E-state index in [2.05, 4.69) is 21.8 Å². The van der Waals surface area contributed by atoms with Crippen LogP contribution in [0.5, 0.6) is 0 Å². The molecule has 9 nitrogen and oxygen atoms in total. The molecule has 0 bridgehead atoms. The van der Waals surface area contributed by atoms with Gasteiger partial charge in [-0.1, -0.05) is 18.0 Å². The number of carbonyl (C=O) groups is 1. The van der Waals surface area contributed by atoms with Crippen LogP contribution in [0.4, 0.5) is 0 Å². The smallest absolute Gasteiger partial charge is 0.283 e. The highest BCUT2D eigenvalue weighted by Gasteiger charge is 2.38. The van der Waals surface area contributed by atoms with Crippen LogP contribution >= 0.6 is 35.3 Å². The fourth-order valence-electron chi connectivity index (χ4n) is 5.97. The Kier molecular flexibility index (Phi) is 9.11. The third kappa shape index (κ3) is 6.06. The number of benzene rings is 1. The summed E-state index contributed by atoms with van der Waals surface area (Å²) in [5.74, 6) is -0.0713. The minimum atomic E-state index is -3.77. The van der Waals surface area contributed by atoms with E-state index in [9.17, 15) is 13.2 Å². The Morgan fingerprint density at radius 1 is 1.12 bits per heavy atom. The average molecular weight is 628 g/mol. The molecule has 1 unspecified atom stereocenters. The van der Waals surface area contributed by atoms with Gasteiger partial charge in [0, 0.05) is 72.5 Å². The van der Waals surface area contributed by atoms with Crippen LogP contribution in [0.2, 0.25) is 5.02 Å². The number of hydrogen-bond donors (Lipinski definition) is 1. The maximum Gasteiger partial charge on any atom is 0.283 e. The monoisotopic (exact) mass is 626 g/mol. The first kappa shape index (κ1) is 29.8. The van der Waals surface area contributed by atoms with Crippen molar-refractivity contribution in [3.8, 4) is 0 Å². The molecule has 3 aliphatic rings. The minimum absolute atomic E-state index is 0. The molecular weight excluding hydrogens is 591 g/mol. The standard InChI is InChI=1S/C27H35ClN6O3S2.ClH/c1-31-11-8-23-24(18-31)38-26(30-23)27(35)34-14-13-33(17-21(34)7-12-32-9-3-2-4-10-32)39(36,37)25-16-19-15-20(28)5-6-22(19)29-25;/h5-6,15-16,21,29H,2-4,7-14,17-18H2,1H3;1H. The number of thiazole rings is 1. The van der Waals surface area contributed by atoms with Crippen molar-refractivity contribution in [3.63, 3.8) is 0 Å². The van der Waals surface area contributed by atoms with Gasteiger partial charge < -0.3 is 19.7 Å². The summed E-state index contributed by atoms with van der Waals surface area (Å²) in [5, 5.41) is 2.01. The Morgan fingerprint density at radius 2 is 1.93 bits per heavy atom. The van der Waals surface area contributed by atoms with Gasteiger partial charge in [-0.3, -0.25) is 4.79 Å². The fourth-order valence-corrected chi connectivity index (χ4v) is 8.77. The number of H-pyrrole nitrogens is 1. The number of piperidine rings is 1. The van der Waals surface area contributed by atoms with Crippen molar-refractivity contribution in [1.29, 1.82) is 0 Å². The van der Waals surface area contributed by atoms with Gasteiger partial charge in [0.2, 0.25) is 0 Å². The number of likely N-dealkylation sites (tertiary alicyclic amines) is 1. The molecule has 0 radical (unpaired) electrons. The normalized spacial score (nSPS) is 21.4. The van der Waals surface area contributed by atoms with Gasteiger partial charge in [-0.2, -0.15) is 4.31 Å². The number of fused-ring (bicyclic) bond motifs is 2. The molecule has 2 saturated heterocycles. The molecule has 0 spiro atoms. The maximum absolute atomic E-state index is 13.8. The number of sulfonamides is 1. The van der Waals surface area contributed by atoms with E-state index in [1.54, 1.807) is 24.3 Å². The number of halogens is 2. The summed E-state index contributed by atoms with van der Waals surface area (Å²) in [4.78, 5) is 29.3. The second-order valence-electron chi connectivity index (χ2n) is 10.9. The number of hydrogen-bond acceptors (Lipinski definition) is 7. The van der Waals surface area contributed by atoms with E-state index in [1.807, 2.05) is 4.90 Å². The lowest BCUT2D eigenvalue weighted by atomic mass is 10.1. The van der Waals surface area contributed by atoms with Crippen molar-refractivity contribution in [2.75, 3.05) is 52.9 Å². The predicted molar refractivity (Wildman–Crippen MR) is 161 cm³/mol. The van der Waals surface area contributed by atoms with Crippen LogP contribution in [0.15, 0.2) is 29.3 Å². The SMILES string of the molecule is CN1CCc2nc(C(=O)N3CCN(S(=O)(=O)c4cc5cc(Cl)ccc5[nH]4)CC3CCN3CCCCC3)sc2C1.Cl. The van der Waals surface area contributed by atoms with Crippen LogP contribution < -0.4 is 0 Å². The minimum Gasteiger partial charge on any atom is -0.345 e. The van der Waals surface area contributed by atoms with Gasteiger partial charge in [-0.25, -0.2) is 13.4 Å². The first-order chi connectivity index (χ1) is 18.8. The van der Waals surface area contributed by atoms with Crippen molar-refractivity contribution in [2.24, 2.45) is 0 Å². The van der Waals surface area contributed by atoms with Crippen LogP contribution in [0.1, 0.15) is 46.1 Å². The summed E-state index contributed by atoms with van der Waals surface area (Å²) < 4.78 is 29.0. The van der Waals surface area contributed by atoms with E-state index in [0.717, 1.165) is 67.0 Å². The number of aromatic amines is 1. The van der Waals surface area contributed by atoms with Crippen LogP contribution in [0.25, 0.3) is 10.9 Å². The van der Waals surface area contributed by atoms with Gasteiger partial charge in [-0.15, -0.1) is 23.7 Å². The van der Waals surface area contributed by atoms with Crippen LogP contribution in [-0.2, 0) is 23.0 Å². The van der Waals surface area contributed by atoms with Gasteiger partial charge in [0.15, 0.2) is 5.01 Å². The van der Waals surface area contributed by atoms with E-state index >= 15 is 0 Å². The molecule has 5 heterocycles. The average Bonchev–Trinajstić information content (AvgIpc) is 3.56. The molecule has 3 aromatic rings. The largest absolute Gasteiger partial charge is 0.345 e. The maximum atomic E-state index is 13.8. The van der Waals surface area contributed by atoms with Gasteiger partial charge in [0.05, 0.1) is 5.69 Å². The van der Waals surface area contributed by atoms with E-state index in [1.165, 1.54) is 34.9 Å². The molecule has 1 aromatic carbocycles. The zero-order chi connectivity index (χ0) is 27.1. The Morgan fingerprint density at radius 3 is 2.73 bits per heavy atom. The number of amides is 1. The number of rotatable bonds is 6. The Bertz CT molecular complexity index is 1470. The molecule has 40 heavy (non-hydrogen) atoms. The van der Waals surface area contributed by atoms with Crippen molar-refractivity contribution in [2.45, 2.75) is 49.7 Å². The first-order valence-electron chi connectivity index (χ1n) is 13.8. The third-order valence-electron chi connectivity index (χ3n) is 8.21. The van der Waals surface area contributed by atoms with Crippen LogP contribution in [-0.4, -0.2) is 102 Å². The Hall–Kier alpha value is -1.73. The quantitative estimate of drug-likeness (QED) is 0.443. The second-order valence-corrected chi connectivity index (χ2v) is 14.4. The fraction of sp³-hybridized carbons (Fsp3) is 0.556. The molecule has 1 N–H and O–H groups in total. The number of likely N-dealkylation sites (N-methyl/N-ethyl adjacent to an activating group) is 1.